The Bertz CT molecular complexity index is 520. The predicted octanol–water partition coefficient (Wildman–Crippen LogP) is 2.15. The number of rotatable bonds is 6. The van der Waals surface area contributed by atoms with Gasteiger partial charge in [0.1, 0.15) is 5.82 Å². The van der Waals surface area contributed by atoms with Crippen LogP contribution >= 0.6 is 0 Å². The Morgan fingerprint density at radius 2 is 1.84 bits per heavy atom. The molecule has 0 aliphatic heterocycles. The Labute approximate surface area is 114 Å². The molecule has 0 aliphatic rings. The number of hydrogen-bond acceptors (Lipinski definition) is 3. The van der Waals surface area contributed by atoms with E-state index in [1.165, 1.54) is 19.2 Å². The van der Waals surface area contributed by atoms with E-state index >= 15 is 0 Å². The van der Waals surface area contributed by atoms with E-state index in [4.69, 9.17) is 4.74 Å². The zero-order valence-corrected chi connectivity index (χ0v) is 12.5. The molecule has 0 heterocycles. The van der Waals surface area contributed by atoms with Crippen LogP contribution in [0.15, 0.2) is 17.0 Å². The van der Waals surface area contributed by atoms with E-state index in [0.717, 1.165) is 0 Å². The van der Waals surface area contributed by atoms with Gasteiger partial charge in [-0.3, -0.25) is 0 Å². The molecule has 0 fully saturated rings. The van der Waals surface area contributed by atoms with E-state index < -0.39 is 15.8 Å². The third kappa shape index (κ3) is 3.99. The molecule has 0 bridgehead atoms. The monoisotopic (exact) mass is 289 g/mol. The smallest absolute Gasteiger partial charge is 0.241 e. The average Bonchev–Trinajstić information content (AvgIpc) is 2.25. The minimum absolute atomic E-state index is 0.142. The summed E-state index contributed by atoms with van der Waals surface area (Å²) in [5.41, 5.74) is 0.800. The van der Waals surface area contributed by atoms with Crippen LogP contribution in [-0.2, 0) is 14.8 Å². The molecule has 1 N–H and O–H groups in total. The highest BCUT2D eigenvalue weighted by atomic mass is 32.2. The van der Waals surface area contributed by atoms with Crippen LogP contribution in [0.25, 0.3) is 0 Å². The standard InChI is InChI=1S/C13H20FNO3S/c1-5-12(8-18-4)15-19(16,17)13-9(2)6-11(14)7-10(13)3/h6-7,12,15H,5,8H2,1-4H3. The van der Waals surface area contributed by atoms with Gasteiger partial charge in [-0.2, -0.15) is 0 Å². The third-order valence-corrected chi connectivity index (χ3v) is 4.70. The maximum Gasteiger partial charge on any atom is 0.241 e. The predicted molar refractivity (Wildman–Crippen MR) is 72.2 cm³/mol. The maximum absolute atomic E-state index is 13.2. The topological polar surface area (TPSA) is 55.4 Å². The second-order valence-electron chi connectivity index (χ2n) is 4.55. The minimum Gasteiger partial charge on any atom is -0.383 e. The molecule has 4 nitrogen and oxygen atoms in total. The fourth-order valence-electron chi connectivity index (χ4n) is 2.04. The van der Waals surface area contributed by atoms with Crippen LogP contribution in [0.5, 0.6) is 0 Å². The molecule has 108 valence electrons. The molecule has 0 radical (unpaired) electrons. The molecule has 1 aromatic carbocycles. The van der Waals surface area contributed by atoms with Crippen molar-refractivity contribution in [3.8, 4) is 0 Å². The first-order valence-electron chi connectivity index (χ1n) is 6.09. The fourth-order valence-corrected chi connectivity index (χ4v) is 3.79. The third-order valence-electron chi connectivity index (χ3n) is 2.88. The van der Waals surface area contributed by atoms with E-state index in [0.29, 0.717) is 24.2 Å². The van der Waals surface area contributed by atoms with Crippen molar-refractivity contribution in [2.24, 2.45) is 0 Å². The molecule has 0 aromatic heterocycles. The summed E-state index contributed by atoms with van der Waals surface area (Å²) in [6.45, 7) is 5.34. The lowest BCUT2D eigenvalue weighted by molar-refractivity contribution is 0.173. The van der Waals surface area contributed by atoms with Crippen molar-refractivity contribution < 1.29 is 17.5 Å². The molecule has 19 heavy (non-hydrogen) atoms. The fraction of sp³-hybridized carbons (Fsp3) is 0.538. The van der Waals surface area contributed by atoms with Gasteiger partial charge >= 0.3 is 0 Å². The first kappa shape index (κ1) is 16.1. The maximum atomic E-state index is 13.2. The highest BCUT2D eigenvalue weighted by Crippen LogP contribution is 2.21. The average molecular weight is 289 g/mol. The van der Waals surface area contributed by atoms with Gasteiger partial charge in [0, 0.05) is 13.2 Å². The van der Waals surface area contributed by atoms with Crippen LogP contribution in [0, 0.1) is 19.7 Å². The highest BCUT2D eigenvalue weighted by Gasteiger charge is 2.23. The van der Waals surface area contributed by atoms with Gasteiger partial charge in [0.15, 0.2) is 0 Å². The number of benzene rings is 1. The molecule has 0 saturated carbocycles. The van der Waals surface area contributed by atoms with Crippen molar-refractivity contribution in [1.82, 2.24) is 4.72 Å². The van der Waals surface area contributed by atoms with Gasteiger partial charge in [-0.05, 0) is 43.5 Å². The lowest BCUT2D eigenvalue weighted by Crippen LogP contribution is -2.38. The minimum atomic E-state index is -3.67. The number of sulfonamides is 1. The first-order valence-corrected chi connectivity index (χ1v) is 7.58. The number of aryl methyl sites for hydroxylation is 2. The number of hydrogen-bond donors (Lipinski definition) is 1. The summed E-state index contributed by atoms with van der Waals surface area (Å²) < 4.78 is 45.4. The number of halogens is 1. The lowest BCUT2D eigenvalue weighted by Gasteiger charge is -2.18. The number of methoxy groups -OCH3 is 1. The number of ether oxygens (including phenoxy) is 1. The van der Waals surface area contributed by atoms with Crippen molar-refractivity contribution in [3.63, 3.8) is 0 Å². The van der Waals surface area contributed by atoms with Crippen molar-refractivity contribution in [3.05, 3.63) is 29.1 Å². The molecule has 1 unspecified atom stereocenters. The van der Waals surface area contributed by atoms with Crippen molar-refractivity contribution in [1.29, 1.82) is 0 Å². The summed E-state index contributed by atoms with van der Waals surface area (Å²) in [5.74, 6) is -0.433. The summed E-state index contributed by atoms with van der Waals surface area (Å²) in [6, 6.07) is 2.15. The number of nitrogens with one attached hydrogen (secondary N) is 1. The normalized spacial score (nSPS) is 13.5. The van der Waals surface area contributed by atoms with Crippen LogP contribution in [-0.4, -0.2) is 28.2 Å². The summed E-state index contributed by atoms with van der Waals surface area (Å²) in [4.78, 5) is 0.142. The van der Waals surface area contributed by atoms with Gasteiger partial charge in [0.05, 0.1) is 11.5 Å². The SMILES string of the molecule is CCC(COC)NS(=O)(=O)c1c(C)cc(F)cc1C. The quantitative estimate of drug-likeness (QED) is 0.873. The van der Waals surface area contributed by atoms with Crippen LogP contribution in [0.2, 0.25) is 0 Å². The van der Waals surface area contributed by atoms with Gasteiger partial charge < -0.3 is 4.74 Å². The van der Waals surface area contributed by atoms with Crippen LogP contribution in [0.1, 0.15) is 24.5 Å². The van der Waals surface area contributed by atoms with Crippen molar-refractivity contribution in [2.45, 2.75) is 38.1 Å². The Morgan fingerprint density at radius 1 is 1.32 bits per heavy atom. The molecule has 0 saturated heterocycles. The Balaban J connectivity index is 3.14. The summed E-state index contributed by atoms with van der Waals surface area (Å²) in [5, 5.41) is 0. The first-order chi connectivity index (χ1) is 8.81. The van der Waals surface area contributed by atoms with E-state index in [2.05, 4.69) is 4.72 Å². The Hall–Kier alpha value is -0.980. The van der Waals surface area contributed by atoms with E-state index in [1.807, 2.05) is 6.92 Å². The van der Waals surface area contributed by atoms with Crippen molar-refractivity contribution in [2.75, 3.05) is 13.7 Å². The molecule has 1 atom stereocenters. The highest BCUT2D eigenvalue weighted by molar-refractivity contribution is 7.89. The molecule has 0 aliphatic carbocycles. The summed E-state index contributed by atoms with van der Waals surface area (Å²) >= 11 is 0. The van der Waals surface area contributed by atoms with E-state index in [9.17, 15) is 12.8 Å². The zero-order valence-electron chi connectivity index (χ0n) is 11.7. The molecular formula is C13H20FNO3S. The van der Waals surface area contributed by atoms with Gasteiger partial charge in [0.2, 0.25) is 10.0 Å². The van der Waals surface area contributed by atoms with Crippen LogP contribution in [0.4, 0.5) is 4.39 Å². The van der Waals surface area contributed by atoms with E-state index in [1.54, 1.807) is 13.8 Å². The van der Waals surface area contributed by atoms with Gasteiger partial charge in [-0.1, -0.05) is 6.92 Å². The lowest BCUT2D eigenvalue weighted by atomic mass is 10.1. The second kappa shape index (κ2) is 6.45. The van der Waals surface area contributed by atoms with Gasteiger partial charge in [-0.25, -0.2) is 17.5 Å². The largest absolute Gasteiger partial charge is 0.383 e. The second-order valence-corrected chi connectivity index (χ2v) is 6.20. The molecule has 0 amide bonds. The summed E-state index contributed by atoms with van der Waals surface area (Å²) in [7, 11) is -2.15. The zero-order chi connectivity index (χ0) is 14.6. The molecule has 6 heteroatoms. The molecule has 1 aromatic rings. The molecular weight excluding hydrogens is 269 g/mol. The Morgan fingerprint density at radius 3 is 2.26 bits per heavy atom. The molecule has 0 spiro atoms. The molecule has 1 rings (SSSR count). The van der Waals surface area contributed by atoms with Crippen LogP contribution in [0.3, 0.4) is 0 Å². The van der Waals surface area contributed by atoms with Crippen molar-refractivity contribution >= 4 is 10.0 Å². The van der Waals surface area contributed by atoms with E-state index in [-0.39, 0.29) is 10.9 Å². The van der Waals surface area contributed by atoms with Crippen LogP contribution < -0.4 is 4.72 Å². The Kier molecular flexibility index (Phi) is 5.46. The van der Waals surface area contributed by atoms with Gasteiger partial charge in [0.25, 0.3) is 0 Å². The van der Waals surface area contributed by atoms with Gasteiger partial charge in [-0.15, -0.1) is 0 Å². The summed E-state index contributed by atoms with van der Waals surface area (Å²) in [6.07, 6.45) is 0.617.